The number of nitrogens with zero attached hydrogens (tertiary/aromatic N) is 1. The topological polar surface area (TPSA) is 76.4 Å². The van der Waals surface area contributed by atoms with E-state index in [1.165, 1.54) is 20.3 Å². The zero-order valence-corrected chi connectivity index (χ0v) is 13.2. The van der Waals surface area contributed by atoms with Gasteiger partial charge in [0.1, 0.15) is 0 Å². The third-order valence-corrected chi connectivity index (χ3v) is 4.61. The molecule has 0 aliphatic heterocycles. The summed E-state index contributed by atoms with van der Waals surface area (Å²) < 4.78 is 10.5. The first-order chi connectivity index (χ1) is 10.1. The molecule has 0 fully saturated rings. The molecule has 0 N–H and O–H groups in total. The van der Waals surface area contributed by atoms with Crippen LogP contribution in [-0.2, 0) is 19.1 Å². The number of hydrogen-bond donors (Lipinski definition) is 0. The van der Waals surface area contributed by atoms with Crippen molar-refractivity contribution in [3.63, 3.8) is 0 Å². The maximum absolute atomic E-state index is 12.0. The zero-order valence-electron chi connectivity index (χ0n) is 11.5. The van der Waals surface area contributed by atoms with Gasteiger partial charge in [-0.1, -0.05) is 0 Å². The van der Waals surface area contributed by atoms with E-state index in [1.54, 1.807) is 6.07 Å². The number of carbonyl (C=O) groups excluding carboxylic acids is 2. The zero-order chi connectivity index (χ0) is 15.7. The van der Waals surface area contributed by atoms with E-state index in [0.29, 0.717) is 0 Å². The monoisotopic (exact) mass is 351 g/mol. The number of methoxy groups -OCH3 is 2. The second-order valence-corrected chi connectivity index (χ2v) is 5.88. The number of nitriles is 1. The van der Waals surface area contributed by atoms with E-state index in [2.05, 4.69) is 4.74 Å². The number of rotatable bonds is 5. The Hall–Kier alpha value is -2.35. The molecule has 1 aromatic rings. The van der Waals surface area contributed by atoms with Crippen LogP contribution in [0.25, 0.3) is 0 Å². The Balaban J connectivity index is 3.33. The fraction of sp³-hybridized carbons (Fsp3) is 0.133. The first-order valence-electron chi connectivity index (χ1n) is 5.84. The van der Waals surface area contributed by atoms with Gasteiger partial charge in [-0.3, -0.25) is 0 Å². The first-order valence-corrected chi connectivity index (χ1v) is 7.55. The van der Waals surface area contributed by atoms with Gasteiger partial charge >= 0.3 is 128 Å². The fourth-order valence-corrected chi connectivity index (χ4v) is 3.38. The molecule has 6 heteroatoms. The summed E-state index contributed by atoms with van der Waals surface area (Å²) in [5, 5.41) is 8.61. The molecule has 1 rings (SSSR count). The van der Waals surface area contributed by atoms with Crippen LogP contribution in [0.4, 0.5) is 0 Å². The van der Waals surface area contributed by atoms with Crippen LogP contribution in [0.2, 0.25) is 0 Å². The second kappa shape index (κ2) is 8.75. The molecule has 0 aliphatic carbocycles. The number of carbonyl (C=O) groups is 2. The molecule has 0 atom stereocenters. The summed E-state index contributed by atoms with van der Waals surface area (Å²) in [6, 6.07) is 11.0. The molecule has 0 saturated carbocycles. The van der Waals surface area contributed by atoms with Crippen LogP contribution in [0.15, 0.2) is 52.5 Å². The Morgan fingerprint density at radius 1 is 1.14 bits per heavy atom. The number of esters is 2. The molecule has 1 aromatic carbocycles. The van der Waals surface area contributed by atoms with Crippen molar-refractivity contribution in [2.75, 3.05) is 14.2 Å². The SMILES string of the molecule is COC(=O)C(/C=C/C#N)=C(/[Se]c1ccccc1)C(=O)OC. The Morgan fingerprint density at radius 2 is 1.76 bits per heavy atom. The predicted octanol–water partition coefficient (Wildman–Crippen LogP) is 0.696. The van der Waals surface area contributed by atoms with Crippen molar-refractivity contribution in [1.82, 2.24) is 0 Å². The molecule has 0 amide bonds. The van der Waals surface area contributed by atoms with Crippen LogP contribution in [-0.4, -0.2) is 41.1 Å². The maximum atomic E-state index is 12.0. The van der Waals surface area contributed by atoms with Gasteiger partial charge < -0.3 is 0 Å². The van der Waals surface area contributed by atoms with E-state index < -0.39 is 26.9 Å². The summed E-state index contributed by atoms with van der Waals surface area (Å²) in [6.07, 6.45) is 2.39. The molecule has 108 valence electrons. The van der Waals surface area contributed by atoms with E-state index in [1.807, 2.05) is 30.3 Å². The molecule has 0 heterocycles. The van der Waals surface area contributed by atoms with Gasteiger partial charge in [0.2, 0.25) is 0 Å². The fourth-order valence-electron chi connectivity index (χ4n) is 1.37. The van der Waals surface area contributed by atoms with E-state index in [-0.39, 0.29) is 10.0 Å². The van der Waals surface area contributed by atoms with E-state index in [9.17, 15) is 9.59 Å². The average Bonchev–Trinajstić information content (AvgIpc) is 2.53. The summed E-state index contributed by atoms with van der Waals surface area (Å²) in [7, 11) is 2.46. The predicted molar refractivity (Wildman–Crippen MR) is 77.6 cm³/mol. The van der Waals surface area contributed by atoms with Crippen LogP contribution >= 0.6 is 0 Å². The van der Waals surface area contributed by atoms with E-state index in [4.69, 9.17) is 10.00 Å². The molecule has 0 spiro atoms. The Kier molecular flexibility index (Phi) is 6.96. The molecule has 5 nitrogen and oxygen atoms in total. The minimum absolute atomic E-state index is 0.0368. The van der Waals surface area contributed by atoms with Gasteiger partial charge in [-0.15, -0.1) is 0 Å². The molecule has 0 aromatic heterocycles. The number of benzene rings is 1. The van der Waals surface area contributed by atoms with Crippen molar-refractivity contribution in [2.45, 2.75) is 0 Å². The van der Waals surface area contributed by atoms with Gasteiger partial charge in [-0.05, 0) is 0 Å². The molecule has 0 bridgehead atoms. The third kappa shape index (κ3) is 4.92. The van der Waals surface area contributed by atoms with Crippen LogP contribution in [0, 0.1) is 11.3 Å². The summed E-state index contributed by atoms with van der Waals surface area (Å²) >= 11 is -0.447. The Labute approximate surface area is 129 Å². The Bertz CT molecular complexity index is 614. The van der Waals surface area contributed by atoms with Crippen molar-refractivity contribution in [2.24, 2.45) is 0 Å². The van der Waals surface area contributed by atoms with Gasteiger partial charge in [0, 0.05) is 0 Å². The van der Waals surface area contributed by atoms with Crippen LogP contribution in [0.1, 0.15) is 0 Å². The Morgan fingerprint density at radius 3 is 2.29 bits per heavy atom. The van der Waals surface area contributed by atoms with Crippen molar-refractivity contribution in [3.8, 4) is 6.07 Å². The van der Waals surface area contributed by atoms with Crippen molar-refractivity contribution >= 4 is 31.4 Å². The van der Waals surface area contributed by atoms with Crippen molar-refractivity contribution in [1.29, 1.82) is 5.26 Å². The van der Waals surface area contributed by atoms with Crippen LogP contribution < -0.4 is 4.46 Å². The summed E-state index contributed by atoms with van der Waals surface area (Å²) in [6.45, 7) is 0. The average molecular weight is 350 g/mol. The molecular weight excluding hydrogens is 337 g/mol. The van der Waals surface area contributed by atoms with Crippen molar-refractivity contribution < 1.29 is 19.1 Å². The van der Waals surface area contributed by atoms with E-state index in [0.717, 1.165) is 10.5 Å². The molecule has 21 heavy (non-hydrogen) atoms. The summed E-state index contributed by atoms with van der Waals surface area (Å²) in [4.78, 5) is 23.8. The minimum atomic E-state index is -0.681. The summed E-state index contributed by atoms with van der Waals surface area (Å²) in [5.74, 6) is -1.29. The van der Waals surface area contributed by atoms with Crippen LogP contribution in [0.5, 0.6) is 0 Å². The van der Waals surface area contributed by atoms with Crippen LogP contribution in [0.3, 0.4) is 0 Å². The second-order valence-electron chi connectivity index (χ2n) is 3.60. The summed E-state index contributed by atoms with van der Waals surface area (Å²) in [5.41, 5.74) is 0.0368. The molecule has 0 aliphatic rings. The molecule has 0 saturated heterocycles. The quantitative estimate of drug-likeness (QED) is 0.257. The van der Waals surface area contributed by atoms with Gasteiger partial charge in [-0.2, -0.15) is 0 Å². The van der Waals surface area contributed by atoms with Gasteiger partial charge in [0.05, 0.1) is 0 Å². The normalized spacial score (nSPS) is 11.5. The van der Waals surface area contributed by atoms with Gasteiger partial charge in [-0.25, -0.2) is 0 Å². The third-order valence-electron chi connectivity index (χ3n) is 2.31. The number of ether oxygens (including phenoxy) is 2. The molecule has 0 unspecified atom stereocenters. The number of allylic oxidation sites excluding steroid dienone is 1. The van der Waals surface area contributed by atoms with E-state index >= 15 is 0 Å². The molecule has 0 radical (unpaired) electrons. The standard InChI is InChI=1S/C15H13NO4Se/c1-19-14(17)12(9-6-10-16)13(15(18)20-2)21-11-7-4-3-5-8-11/h3-9H,1-2H3/b9-6+,13-12+. The van der Waals surface area contributed by atoms with Gasteiger partial charge in [0.25, 0.3) is 0 Å². The van der Waals surface area contributed by atoms with Crippen molar-refractivity contribution in [3.05, 3.63) is 52.5 Å². The van der Waals surface area contributed by atoms with Gasteiger partial charge in [0.15, 0.2) is 0 Å². The first kappa shape index (κ1) is 16.7. The molecular formula is C15H13NO4Se. The number of hydrogen-bond acceptors (Lipinski definition) is 5.